The van der Waals surface area contributed by atoms with Crippen molar-refractivity contribution in [3.63, 3.8) is 0 Å². The average Bonchev–Trinajstić information content (AvgIpc) is 3.33. The molecule has 4 rings (SSSR count). The highest BCUT2D eigenvalue weighted by molar-refractivity contribution is 5.77. The number of rotatable bonds is 6. The number of hydrogen-bond donors (Lipinski definition) is 0. The quantitative estimate of drug-likeness (QED) is 0.734. The van der Waals surface area contributed by atoms with Crippen LogP contribution in [-0.4, -0.2) is 72.2 Å². The van der Waals surface area contributed by atoms with Crippen LogP contribution in [-0.2, 0) is 23.0 Å². The lowest BCUT2D eigenvalue weighted by Gasteiger charge is -2.42. The topological polar surface area (TPSA) is 69.1 Å². The number of likely N-dealkylation sites (N-methyl/N-ethyl adjacent to an activating group) is 1. The minimum atomic E-state index is -0.135. The SMILES string of the molecule is CN(C)C[C@@H]1OCCN(C(=O)CCc2ccc3c(c2)OCO3)[C@H]1c1cnn(C)c1. The molecule has 1 aromatic heterocycles. The maximum Gasteiger partial charge on any atom is 0.231 e. The molecular formula is C21H28N4O4. The van der Waals surface area contributed by atoms with E-state index in [0.717, 1.165) is 29.2 Å². The number of ether oxygens (including phenoxy) is 3. The second-order valence-corrected chi connectivity index (χ2v) is 7.84. The highest BCUT2D eigenvalue weighted by atomic mass is 16.7. The molecule has 2 atom stereocenters. The van der Waals surface area contributed by atoms with Crippen molar-refractivity contribution < 1.29 is 19.0 Å². The molecule has 1 saturated heterocycles. The number of amides is 1. The number of morpholine rings is 1. The summed E-state index contributed by atoms with van der Waals surface area (Å²) in [6, 6.07) is 5.72. The second-order valence-electron chi connectivity index (χ2n) is 7.84. The largest absolute Gasteiger partial charge is 0.454 e. The van der Waals surface area contributed by atoms with Crippen molar-refractivity contribution in [2.75, 3.05) is 40.6 Å². The number of benzene rings is 1. The van der Waals surface area contributed by atoms with Crippen LogP contribution >= 0.6 is 0 Å². The third-order valence-electron chi connectivity index (χ3n) is 5.35. The Labute approximate surface area is 170 Å². The number of hydrogen-bond acceptors (Lipinski definition) is 6. The molecule has 2 aromatic rings. The molecule has 2 aliphatic rings. The van der Waals surface area contributed by atoms with Crippen LogP contribution in [0.2, 0.25) is 0 Å². The first kappa shape index (κ1) is 19.7. The predicted molar refractivity (Wildman–Crippen MR) is 107 cm³/mol. The van der Waals surface area contributed by atoms with E-state index in [1.54, 1.807) is 4.68 Å². The summed E-state index contributed by atoms with van der Waals surface area (Å²) in [5.74, 6) is 1.64. The summed E-state index contributed by atoms with van der Waals surface area (Å²) in [4.78, 5) is 17.3. The number of aromatic nitrogens is 2. The third-order valence-corrected chi connectivity index (χ3v) is 5.35. The molecule has 0 unspecified atom stereocenters. The maximum absolute atomic E-state index is 13.2. The van der Waals surface area contributed by atoms with Crippen molar-refractivity contribution in [1.29, 1.82) is 0 Å². The van der Waals surface area contributed by atoms with E-state index in [1.165, 1.54) is 0 Å². The highest BCUT2D eigenvalue weighted by Crippen LogP contribution is 2.34. The highest BCUT2D eigenvalue weighted by Gasteiger charge is 2.37. The summed E-state index contributed by atoms with van der Waals surface area (Å²) in [7, 11) is 5.92. The molecule has 1 amide bonds. The van der Waals surface area contributed by atoms with Crippen molar-refractivity contribution >= 4 is 5.91 Å². The molecule has 29 heavy (non-hydrogen) atoms. The van der Waals surface area contributed by atoms with Gasteiger partial charge in [-0.1, -0.05) is 6.07 Å². The van der Waals surface area contributed by atoms with Gasteiger partial charge in [0.05, 0.1) is 24.9 Å². The minimum Gasteiger partial charge on any atom is -0.454 e. The van der Waals surface area contributed by atoms with E-state index in [0.29, 0.717) is 26.0 Å². The van der Waals surface area contributed by atoms with Crippen LogP contribution in [0.4, 0.5) is 0 Å². The summed E-state index contributed by atoms with van der Waals surface area (Å²) in [6.07, 6.45) is 4.81. The number of nitrogens with zero attached hydrogens (tertiary/aromatic N) is 4. The van der Waals surface area contributed by atoms with Crippen molar-refractivity contribution in [2.45, 2.75) is 25.0 Å². The van der Waals surface area contributed by atoms with Crippen LogP contribution in [0.1, 0.15) is 23.6 Å². The number of carbonyl (C=O) groups excluding carboxylic acids is 1. The molecule has 0 radical (unpaired) electrons. The molecule has 2 aliphatic heterocycles. The van der Waals surface area contributed by atoms with Crippen molar-refractivity contribution in [3.8, 4) is 11.5 Å². The van der Waals surface area contributed by atoms with Crippen LogP contribution in [0, 0.1) is 0 Å². The summed E-state index contributed by atoms with van der Waals surface area (Å²) < 4.78 is 18.6. The van der Waals surface area contributed by atoms with Gasteiger partial charge in [0, 0.05) is 38.3 Å². The molecule has 0 saturated carbocycles. The Hall–Kier alpha value is -2.58. The van der Waals surface area contributed by atoms with E-state index in [1.807, 2.05) is 56.6 Å². The van der Waals surface area contributed by atoms with E-state index in [2.05, 4.69) is 10.00 Å². The van der Waals surface area contributed by atoms with E-state index in [-0.39, 0.29) is 24.8 Å². The first-order valence-corrected chi connectivity index (χ1v) is 9.94. The first-order valence-electron chi connectivity index (χ1n) is 9.94. The Kier molecular flexibility index (Phi) is 5.73. The molecule has 8 nitrogen and oxygen atoms in total. The van der Waals surface area contributed by atoms with E-state index in [4.69, 9.17) is 14.2 Å². The van der Waals surface area contributed by atoms with Gasteiger partial charge in [-0.15, -0.1) is 0 Å². The Morgan fingerprint density at radius 2 is 2.10 bits per heavy atom. The van der Waals surface area contributed by atoms with Crippen molar-refractivity contribution in [2.24, 2.45) is 7.05 Å². The zero-order chi connectivity index (χ0) is 20.4. The van der Waals surface area contributed by atoms with Gasteiger partial charge in [0.15, 0.2) is 11.5 Å². The monoisotopic (exact) mass is 400 g/mol. The Morgan fingerprint density at radius 1 is 1.28 bits per heavy atom. The molecule has 8 heteroatoms. The molecule has 3 heterocycles. The Morgan fingerprint density at radius 3 is 2.86 bits per heavy atom. The second kappa shape index (κ2) is 8.42. The van der Waals surface area contributed by atoms with Gasteiger partial charge in [0.1, 0.15) is 0 Å². The minimum absolute atomic E-state index is 0.0857. The van der Waals surface area contributed by atoms with Gasteiger partial charge in [-0.2, -0.15) is 5.10 Å². The van der Waals surface area contributed by atoms with E-state index < -0.39 is 0 Å². The number of fused-ring (bicyclic) bond motifs is 1. The molecule has 0 aliphatic carbocycles. The van der Waals surface area contributed by atoms with Gasteiger partial charge >= 0.3 is 0 Å². The maximum atomic E-state index is 13.2. The van der Waals surface area contributed by atoms with Crippen LogP contribution in [0.25, 0.3) is 0 Å². The summed E-state index contributed by atoms with van der Waals surface area (Å²) >= 11 is 0. The molecule has 0 spiro atoms. The van der Waals surface area contributed by atoms with Crippen LogP contribution in [0.3, 0.4) is 0 Å². The van der Waals surface area contributed by atoms with Gasteiger partial charge in [-0.3, -0.25) is 9.48 Å². The fourth-order valence-corrected chi connectivity index (χ4v) is 4.00. The lowest BCUT2D eigenvalue weighted by atomic mass is 9.99. The van der Waals surface area contributed by atoms with Gasteiger partial charge in [0.25, 0.3) is 0 Å². The Balaban J connectivity index is 1.48. The average molecular weight is 400 g/mol. The predicted octanol–water partition coefficient (Wildman–Crippen LogP) is 1.61. The zero-order valence-electron chi connectivity index (χ0n) is 17.2. The summed E-state index contributed by atoms with van der Waals surface area (Å²) in [5.41, 5.74) is 2.08. The molecule has 1 fully saturated rings. The lowest BCUT2D eigenvalue weighted by molar-refractivity contribution is -0.148. The molecule has 0 bridgehead atoms. The van der Waals surface area contributed by atoms with Gasteiger partial charge in [0.2, 0.25) is 12.7 Å². The van der Waals surface area contributed by atoms with E-state index >= 15 is 0 Å². The van der Waals surface area contributed by atoms with Crippen LogP contribution in [0.5, 0.6) is 11.5 Å². The number of carbonyl (C=O) groups is 1. The fourth-order valence-electron chi connectivity index (χ4n) is 4.00. The first-order chi connectivity index (χ1) is 14.0. The van der Waals surface area contributed by atoms with Crippen molar-refractivity contribution in [1.82, 2.24) is 19.6 Å². The van der Waals surface area contributed by atoms with Gasteiger partial charge < -0.3 is 24.0 Å². The third kappa shape index (κ3) is 4.38. The van der Waals surface area contributed by atoms with Gasteiger partial charge in [-0.25, -0.2) is 0 Å². The Bertz CT molecular complexity index is 866. The molecule has 156 valence electrons. The summed E-state index contributed by atoms with van der Waals surface area (Å²) in [6.45, 7) is 2.13. The van der Waals surface area contributed by atoms with Crippen LogP contribution < -0.4 is 9.47 Å². The zero-order valence-corrected chi connectivity index (χ0v) is 17.2. The smallest absolute Gasteiger partial charge is 0.231 e. The molecular weight excluding hydrogens is 372 g/mol. The standard InChI is InChI=1S/C21H28N4O4/c1-23(2)13-19-21(16-11-22-24(3)12-16)25(8-9-27-19)20(26)7-5-15-4-6-17-18(10-15)29-14-28-17/h4,6,10-12,19,21H,5,7-9,13-14H2,1-3H3/t19-,21-/m0/s1. The van der Waals surface area contributed by atoms with Gasteiger partial charge in [-0.05, 0) is 38.2 Å². The van der Waals surface area contributed by atoms with E-state index in [9.17, 15) is 4.79 Å². The lowest BCUT2D eigenvalue weighted by Crippen LogP contribution is -2.51. The fraction of sp³-hybridized carbons (Fsp3) is 0.524. The summed E-state index contributed by atoms with van der Waals surface area (Å²) in [5, 5.41) is 4.31. The normalized spacial score (nSPS) is 21.0. The molecule has 0 N–H and O–H groups in total. The number of aryl methyl sites for hydroxylation is 2. The van der Waals surface area contributed by atoms with Crippen LogP contribution in [0.15, 0.2) is 30.6 Å². The molecule has 1 aromatic carbocycles. The van der Waals surface area contributed by atoms with Crippen molar-refractivity contribution in [3.05, 3.63) is 41.7 Å².